The molecule has 0 spiro atoms. The zero-order valence-corrected chi connectivity index (χ0v) is 11.2. The summed E-state index contributed by atoms with van der Waals surface area (Å²) in [5, 5.41) is 1.74. The summed E-state index contributed by atoms with van der Waals surface area (Å²) in [6, 6.07) is 9.09. The SMILES string of the molecule is Cc1ccc(Cl)c2c(=O)c3cccc(N)c3sc12. The highest BCUT2D eigenvalue weighted by Crippen LogP contribution is 2.33. The summed E-state index contributed by atoms with van der Waals surface area (Å²) >= 11 is 7.67. The third-order valence-electron chi connectivity index (χ3n) is 3.03. The van der Waals surface area contributed by atoms with Gasteiger partial charge in [0, 0.05) is 15.8 Å². The van der Waals surface area contributed by atoms with Gasteiger partial charge in [-0.25, -0.2) is 0 Å². The van der Waals surface area contributed by atoms with Crippen LogP contribution in [0.15, 0.2) is 35.1 Å². The fraction of sp³-hybridized carbons (Fsp3) is 0.0714. The molecule has 4 heteroatoms. The number of halogens is 1. The summed E-state index contributed by atoms with van der Waals surface area (Å²) in [6.07, 6.45) is 0. The molecule has 3 aromatic rings. The van der Waals surface area contributed by atoms with Gasteiger partial charge in [-0.15, -0.1) is 11.3 Å². The largest absolute Gasteiger partial charge is 0.398 e. The van der Waals surface area contributed by atoms with Crippen LogP contribution in [0.1, 0.15) is 5.56 Å². The number of fused-ring (bicyclic) bond motifs is 2. The van der Waals surface area contributed by atoms with Crippen LogP contribution in [-0.2, 0) is 0 Å². The van der Waals surface area contributed by atoms with Gasteiger partial charge in [-0.05, 0) is 30.7 Å². The second kappa shape index (κ2) is 3.97. The number of anilines is 1. The van der Waals surface area contributed by atoms with Crippen LogP contribution in [0, 0.1) is 6.92 Å². The Kier molecular flexibility index (Phi) is 2.54. The van der Waals surface area contributed by atoms with Gasteiger partial charge in [0.25, 0.3) is 0 Å². The van der Waals surface area contributed by atoms with Gasteiger partial charge in [0.2, 0.25) is 0 Å². The van der Waals surface area contributed by atoms with Crippen LogP contribution in [-0.4, -0.2) is 0 Å². The van der Waals surface area contributed by atoms with E-state index in [0.717, 1.165) is 15.0 Å². The number of hydrogen-bond donors (Lipinski definition) is 1. The first-order chi connectivity index (χ1) is 8.59. The molecule has 2 N–H and O–H groups in total. The lowest BCUT2D eigenvalue weighted by atomic mass is 10.1. The zero-order valence-electron chi connectivity index (χ0n) is 9.66. The average molecular weight is 276 g/mol. The minimum atomic E-state index is -0.0419. The van der Waals surface area contributed by atoms with Crippen molar-refractivity contribution in [2.45, 2.75) is 6.92 Å². The number of hydrogen-bond acceptors (Lipinski definition) is 3. The highest BCUT2D eigenvalue weighted by atomic mass is 35.5. The van der Waals surface area contributed by atoms with Crippen molar-refractivity contribution in [3.05, 3.63) is 51.1 Å². The zero-order chi connectivity index (χ0) is 12.9. The van der Waals surface area contributed by atoms with Crippen molar-refractivity contribution < 1.29 is 0 Å². The lowest BCUT2D eigenvalue weighted by Crippen LogP contribution is -2.03. The van der Waals surface area contributed by atoms with Crippen molar-refractivity contribution in [2.75, 3.05) is 5.73 Å². The smallest absolute Gasteiger partial charge is 0.197 e. The molecule has 1 aromatic heterocycles. The molecule has 1 heterocycles. The van der Waals surface area contributed by atoms with Gasteiger partial charge >= 0.3 is 0 Å². The molecule has 90 valence electrons. The van der Waals surface area contributed by atoms with Crippen LogP contribution in [0.4, 0.5) is 5.69 Å². The minimum Gasteiger partial charge on any atom is -0.398 e. The number of aryl methyl sites for hydroxylation is 1. The fourth-order valence-corrected chi connectivity index (χ4v) is 3.58. The topological polar surface area (TPSA) is 43.1 Å². The predicted molar refractivity (Wildman–Crippen MR) is 79.8 cm³/mol. The maximum Gasteiger partial charge on any atom is 0.197 e. The molecule has 0 atom stereocenters. The van der Waals surface area contributed by atoms with Crippen LogP contribution in [0.2, 0.25) is 5.02 Å². The van der Waals surface area contributed by atoms with Crippen molar-refractivity contribution in [1.82, 2.24) is 0 Å². The number of rotatable bonds is 0. The Morgan fingerprint density at radius 2 is 1.94 bits per heavy atom. The fourth-order valence-electron chi connectivity index (χ4n) is 2.09. The number of nitrogen functional groups attached to an aromatic ring is 1. The Bertz CT molecular complexity index is 838. The molecule has 0 aliphatic rings. The monoisotopic (exact) mass is 275 g/mol. The Morgan fingerprint density at radius 1 is 1.17 bits per heavy atom. The van der Waals surface area contributed by atoms with E-state index in [1.807, 2.05) is 19.1 Å². The van der Waals surface area contributed by atoms with Gasteiger partial charge in [0.15, 0.2) is 5.43 Å². The molecule has 0 amide bonds. The van der Waals surface area contributed by atoms with E-state index in [4.69, 9.17) is 17.3 Å². The highest BCUT2D eigenvalue weighted by molar-refractivity contribution is 7.25. The van der Waals surface area contributed by atoms with E-state index in [-0.39, 0.29) is 5.43 Å². The van der Waals surface area contributed by atoms with Gasteiger partial charge in [0.1, 0.15) is 0 Å². The third kappa shape index (κ3) is 1.51. The van der Waals surface area contributed by atoms with Crippen LogP contribution in [0.5, 0.6) is 0 Å². The molecular weight excluding hydrogens is 266 g/mol. The summed E-state index contributed by atoms with van der Waals surface area (Å²) in [4.78, 5) is 12.5. The molecule has 0 unspecified atom stereocenters. The Balaban J connectivity index is 2.70. The second-order valence-corrected chi connectivity index (χ2v) is 5.65. The molecule has 0 aliphatic heterocycles. The maximum atomic E-state index is 12.5. The first kappa shape index (κ1) is 11.5. The van der Waals surface area contributed by atoms with Crippen molar-refractivity contribution >= 4 is 48.8 Å². The second-order valence-electron chi connectivity index (χ2n) is 4.22. The first-order valence-electron chi connectivity index (χ1n) is 5.49. The molecular formula is C14H10ClNOS. The van der Waals surface area contributed by atoms with Crippen molar-refractivity contribution in [1.29, 1.82) is 0 Å². The number of benzene rings is 2. The lowest BCUT2D eigenvalue weighted by molar-refractivity contribution is 1.55. The van der Waals surface area contributed by atoms with E-state index in [1.54, 1.807) is 18.2 Å². The predicted octanol–water partition coefficient (Wildman–Crippen LogP) is 3.96. The molecule has 18 heavy (non-hydrogen) atoms. The summed E-state index contributed by atoms with van der Waals surface area (Å²) in [7, 11) is 0. The standard InChI is InChI=1S/C14H10ClNOS/c1-7-5-6-9(15)11-12(17)8-3-2-4-10(16)14(8)18-13(7)11/h2-6H,16H2,1H3. The highest BCUT2D eigenvalue weighted by Gasteiger charge is 2.12. The molecule has 0 radical (unpaired) electrons. The van der Waals surface area contributed by atoms with E-state index in [9.17, 15) is 4.79 Å². The Labute approximate surface area is 113 Å². The van der Waals surface area contributed by atoms with Crippen LogP contribution < -0.4 is 11.2 Å². The molecule has 2 aromatic carbocycles. The molecule has 0 saturated carbocycles. The Hall–Kier alpha value is -1.58. The summed E-state index contributed by atoms with van der Waals surface area (Å²) in [6.45, 7) is 1.97. The van der Waals surface area contributed by atoms with E-state index >= 15 is 0 Å². The summed E-state index contributed by atoms with van der Waals surface area (Å²) < 4.78 is 1.75. The summed E-state index contributed by atoms with van der Waals surface area (Å²) in [5.74, 6) is 0. The average Bonchev–Trinajstić information content (AvgIpc) is 2.35. The summed E-state index contributed by atoms with van der Waals surface area (Å²) in [5.41, 5.74) is 7.58. The van der Waals surface area contributed by atoms with Gasteiger partial charge in [-0.3, -0.25) is 4.79 Å². The Morgan fingerprint density at radius 3 is 2.72 bits per heavy atom. The molecule has 3 rings (SSSR count). The molecule has 0 bridgehead atoms. The van der Waals surface area contributed by atoms with E-state index < -0.39 is 0 Å². The van der Waals surface area contributed by atoms with Crippen molar-refractivity contribution in [2.24, 2.45) is 0 Å². The third-order valence-corrected chi connectivity index (χ3v) is 4.73. The van der Waals surface area contributed by atoms with E-state index in [0.29, 0.717) is 21.5 Å². The quantitative estimate of drug-likeness (QED) is 0.498. The van der Waals surface area contributed by atoms with E-state index in [1.165, 1.54) is 11.3 Å². The van der Waals surface area contributed by atoms with Gasteiger partial charge in [-0.2, -0.15) is 0 Å². The number of nitrogens with two attached hydrogens (primary N) is 1. The maximum absolute atomic E-state index is 12.5. The van der Waals surface area contributed by atoms with Gasteiger partial charge in [0.05, 0.1) is 15.1 Å². The molecule has 0 aliphatic carbocycles. The molecule has 0 fully saturated rings. The van der Waals surface area contributed by atoms with Gasteiger partial charge < -0.3 is 5.73 Å². The minimum absolute atomic E-state index is 0.0419. The first-order valence-corrected chi connectivity index (χ1v) is 6.69. The van der Waals surface area contributed by atoms with Crippen LogP contribution in [0.3, 0.4) is 0 Å². The van der Waals surface area contributed by atoms with E-state index in [2.05, 4.69) is 0 Å². The van der Waals surface area contributed by atoms with Crippen LogP contribution >= 0.6 is 22.9 Å². The lowest BCUT2D eigenvalue weighted by Gasteiger charge is -2.06. The normalized spacial score (nSPS) is 11.2. The van der Waals surface area contributed by atoms with Crippen molar-refractivity contribution in [3.8, 4) is 0 Å². The van der Waals surface area contributed by atoms with Crippen LogP contribution in [0.25, 0.3) is 20.2 Å². The molecule has 2 nitrogen and oxygen atoms in total. The van der Waals surface area contributed by atoms with Crippen molar-refractivity contribution in [3.63, 3.8) is 0 Å². The van der Waals surface area contributed by atoms with Gasteiger partial charge in [-0.1, -0.05) is 23.7 Å². The molecule has 0 saturated heterocycles.